The van der Waals surface area contributed by atoms with Crippen LogP contribution in [-0.4, -0.2) is 15.9 Å². The van der Waals surface area contributed by atoms with Gasteiger partial charge in [-0.1, -0.05) is 35.4 Å². The van der Waals surface area contributed by atoms with Gasteiger partial charge in [-0.2, -0.15) is 0 Å². The average molecular weight is 221 g/mol. The zero-order valence-electron chi connectivity index (χ0n) is 6.59. The van der Waals surface area contributed by atoms with Crippen molar-refractivity contribution in [1.82, 2.24) is 0 Å². The van der Waals surface area contributed by atoms with Gasteiger partial charge in [0, 0.05) is 0 Å². The van der Waals surface area contributed by atoms with Gasteiger partial charge in [0.05, 0.1) is 0 Å². The first kappa shape index (κ1) is 10.7. The van der Waals surface area contributed by atoms with Crippen LogP contribution in [0.5, 0.6) is 0 Å². The molecule has 0 aromatic carbocycles. The van der Waals surface area contributed by atoms with Gasteiger partial charge in [-0.25, -0.2) is 0 Å². The molecule has 1 N–H and O–H groups in total. The third-order valence-corrected chi connectivity index (χ3v) is 2.61. The van der Waals surface area contributed by atoms with Crippen LogP contribution in [0.2, 0.25) is 0 Å². The van der Waals surface area contributed by atoms with E-state index in [2.05, 4.69) is 22.5 Å². The maximum atomic E-state index is 10.5. The Bertz CT molecular complexity index is 145. The molecule has 0 aromatic rings. The molecule has 0 unspecified atom stereocenters. The number of carboxylic acid groups (broad SMARTS) is 1. The minimum absolute atomic E-state index is 0.0394. The summed E-state index contributed by atoms with van der Waals surface area (Å²) in [5.41, 5.74) is 0. The number of rotatable bonds is 5. The lowest BCUT2D eigenvalue weighted by Gasteiger charge is -2.13. The molecule has 0 aromatic heterocycles. The number of halogens is 1. The lowest BCUT2D eigenvalue weighted by atomic mass is 10.0. The first-order valence-electron chi connectivity index (χ1n) is 3.62. The largest absolute Gasteiger partial charge is 0.480 e. The Morgan fingerprint density at radius 2 is 2.36 bits per heavy atom. The molecule has 0 spiro atoms. The van der Waals surface area contributed by atoms with Crippen molar-refractivity contribution in [2.24, 2.45) is 5.92 Å². The van der Waals surface area contributed by atoms with E-state index in [4.69, 9.17) is 5.11 Å². The molecule has 0 radical (unpaired) electrons. The highest BCUT2D eigenvalue weighted by Gasteiger charge is 2.21. The fourth-order valence-corrected chi connectivity index (χ4v) is 1.38. The van der Waals surface area contributed by atoms with Gasteiger partial charge in [0.1, 0.15) is 4.83 Å². The van der Waals surface area contributed by atoms with Crippen LogP contribution in [0.25, 0.3) is 0 Å². The number of carbonyl (C=O) groups is 1. The van der Waals surface area contributed by atoms with Gasteiger partial charge < -0.3 is 5.11 Å². The number of hydrogen-bond acceptors (Lipinski definition) is 1. The summed E-state index contributed by atoms with van der Waals surface area (Å²) in [6.07, 6.45) is 3.54. The van der Waals surface area contributed by atoms with Gasteiger partial charge in [0.15, 0.2) is 0 Å². The molecule has 0 aliphatic carbocycles. The van der Waals surface area contributed by atoms with E-state index in [1.54, 1.807) is 6.08 Å². The zero-order valence-corrected chi connectivity index (χ0v) is 8.17. The number of aliphatic carboxylic acids is 1. The second-order valence-electron chi connectivity index (χ2n) is 2.43. The van der Waals surface area contributed by atoms with Crippen molar-refractivity contribution in [2.75, 3.05) is 0 Å². The van der Waals surface area contributed by atoms with Crippen molar-refractivity contribution in [3.63, 3.8) is 0 Å². The van der Waals surface area contributed by atoms with E-state index in [1.165, 1.54) is 0 Å². The molecule has 0 saturated carbocycles. The molecule has 0 heterocycles. The summed E-state index contributed by atoms with van der Waals surface area (Å²) in [6.45, 7) is 5.62. The maximum absolute atomic E-state index is 10.5. The van der Waals surface area contributed by atoms with Crippen LogP contribution in [0, 0.1) is 5.92 Å². The molecule has 0 bridgehead atoms. The number of alkyl halides is 1. The molecule has 0 aliphatic heterocycles. The highest BCUT2D eigenvalue weighted by molar-refractivity contribution is 9.10. The Morgan fingerprint density at radius 3 is 2.64 bits per heavy atom. The third-order valence-electron chi connectivity index (χ3n) is 1.54. The predicted molar refractivity (Wildman–Crippen MR) is 48.9 cm³/mol. The molecule has 0 amide bonds. The third kappa shape index (κ3) is 3.56. The quantitative estimate of drug-likeness (QED) is 0.571. The summed E-state index contributed by atoms with van der Waals surface area (Å²) < 4.78 is 0. The summed E-state index contributed by atoms with van der Waals surface area (Å²) in [5.74, 6) is -0.777. The van der Waals surface area contributed by atoms with Gasteiger partial charge in [-0.05, 0) is 12.3 Å². The standard InChI is InChI=1S/C8H13BrO2/c1-3-5-6(4-2)7(9)8(10)11/h4,6-7H,2-3,5H2,1H3,(H,10,11)/t6-,7-/m1/s1. The minimum atomic E-state index is -0.816. The summed E-state index contributed by atoms with van der Waals surface area (Å²) in [5, 5.41) is 8.62. The van der Waals surface area contributed by atoms with Crippen molar-refractivity contribution in [1.29, 1.82) is 0 Å². The summed E-state index contributed by atoms with van der Waals surface area (Å²) >= 11 is 3.10. The molecular formula is C8H13BrO2. The summed E-state index contributed by atoms with van der Waals surface area (Å²) in [6, 6.07) is 0. The van der Waals surface area contributed by atoms with Crippen LogP contribution in [0.15, 0.2) is 12.7 Å². The van der Waals surface area contributed by atoms with Crippen molar-refractivity contribution >= 4 is 21.9 Å². The highest BCUT2D eigenvalue weighted by atomic mass is 79.9. The van der Waals surface area contributed by atoms with Gasteiger partial charge >= 0.3 is 5.97 Å². The van der Waals surface area contributed by atoms with Crippen molar-refractivity contribution in [2.45, 2.75) is 24.6 Å². The molecule has 0 fully saturated rings. The minimum Gasteiger partial charge on any atom is -0.480 e. The Kier molecular flexibility index (Phi) is 5.20. The molecule has 64 valence electrons. The first-order valence-corrected chi connectivity index (χ1v) is 4.54. The van der Waals surface area contributed by atoms with E-state index >= 15 is 0 Å². The monoisotopic (exact) mass is 220 g/mol. The predicted octanol–water partition coefficient (Wildman–Crippen LogP) is 2.44. The van der Waals surface area contributed by atoms with Gasteiger partial charge in [-0.15, -0.1) is 6.58 Å². The van der Waals surface area contributed by atoms with Crippen LogP contribution in [0.3, 0.4) is 0 Å². The van der Waals surface area contributed by atoms with Crippen LogP contribution in [0.1, 0.15) is 19.8 Å². The molecule has 2 atom stereocenters. The molecule has 3 heteroatoms. The van der Waals surface area contributed by atoms with Crippen LogP contribution in [0.4, 0.5) is 0 Å². The maximum Gasteiger partial charge on any atom is 0.317 e. The molecule has 0 rings (SSSR count). The van der Waals surface area contributed by atoms with Crippen molar-refractivity contribution in [3.05, 3.63) is 12.7 Å². The molecule has 0 aliphatic rings. The Labute approximate surface area is 75.4 Å². The normalized spacial score (nSPS) is 15.5. The van der Waals surface area contributed by atoms with Gasteiger partial charge in [0.2, 0.25) is 0 Å². The molecule has 2 nitrogen and oxygen atoms in total. The first-order chi connectivity index (χ1) is 5.13. The van der Waals surface area contributed by atoms with E-state index in [9.17, 15) is 4.79 Å². The smallest absolute Gasteiger partial charge is 0.317 e. The fourth-order valence-electron chi connectivity index (χ4n) is 0.900. The van der Waals surface area contributed by atoms with E-state index < -0.39 is 10.8 Å². The summed E-state index contributed by atoms with van der Waals surface area (Å²) in [7, 11) is 0. The van der Waals surface area contributed by atoms with Crippen LogP contribution < -0.4 is 0 Å². The highest BCUT2D eigenvalue weighted by Crippen LogP contribution is 2.19. The molecule has 0 saturated heterocycles. The molecular weight excluding hydrogens is 208 g/mol. The van der Waals surface area contributed by atoms with E-state index in [0.29, 0.717) is 0 Å². The van der Waals surface area contributed by atoms with Crippen molar-refractivity contribution in [3.8, 4) is 0 Å². The lowest BCUT2D eigenvalue weighted by Crippen LogP contribution is -2.21. The van der Waals surface area contributed by atoms with E-state index in [-0.39, 0.29) is 5.92 Å². The number of allylic oxidation sites excluding steroid dienone is 1. The zero-order chi connectivity index (χ0) is 8.85. The molecule has 11 heavy (non-hydrogen) atoms. The lowest BCUT2D eigenvalue weighted by molar-refractivity contribution is -0.136. The van der Waals surface area contributed by atoms with Crippen LogP contribution in [-0.2, 0) is 4.79 Å². The number of hydrogen-bond donors (Lipinski definition) is 1. The van der Waals surface area contributed by atoms with Crippen molar-refractivity contribution < 1.29 is 9.90 Å². The van der Waals surface area contributed by atoms with E-state index in [1.807, 2.05) is 6.92 Å². The fraction of sp³-hybridized carbons (Fsp3) is 0.625. The Hall–Kier alpha value is -0.310. The topological polar surface area (TPSA) is 37.3 Å². The second-order valence-corrected chi connectivity index (χ2v) is 3.41. The van der Waals surface area contributed by atoms with Crippen LogP contribution >= 0.6 is 15.9 Å². The second kappa shape index (κ2) is 5.35. The van der Waals surface area contributed by atoms with Gasteiger partial charge in [-0.3, -0.25) is 4.79 Å². The Morgan fingerprint density at radius 1 is 1.82 bits per heavy atom. The number of carboxylic acids is 1. The SMILES string of the molecule is C=C[C@H](CCC)[C@@H](Br)C(=O)O. The van der Waals surface area contributed by atoms with Gasteiger partial charge in [0.25, 0.3) is 0 Å². The average Bonchev–Trinajstić information content (AvgIpc) is 1.98. The summed E-state index contributed by atoms with van der Waals surface area (Å²) in [4.78, 5) is 9.99. The van der Waals surface area contributed by atoms with E-state index in [0.717, 1.165) is 12.8 Å². The Balaban J connectivity index is 4.01.